The van der Waals surface area contributed by atoms with Gasteiger partial charge in [0.15, 0.2) is 0 Å². The van der Waals surface area contributed by atoms with E-state index >= 15 is 0 Å². The SMILES string of the molecule is CCCNCCNC(=O)CCc1nc2cc(C(F)(F)F)ccc2s1.Cl. The summed E-state index contributed by atoms with van der Waals surface area (Å²) in [6.07, 6.45) is -2.63. The second-order valence-electron chi connectivity index (χ2n) is 5.39. The zero-order valence-corrected chi connectivity index (χ0v) is 15.4. The fraction of sp³-hybridized carbons (Fsp3) is 0.500. The summed E-state index contributed by atoms with van der Waals surface area (Å²) in [5.41, 5.74) is -0.377. The first-order valence-electron chi connectivity index (χ1n) is 7.84. The first-order valence-corrected chi connectivity index (χ1v) is 8.66. The molecule has 140 valence electrons. The van der Waals surface area contributed by atoms with E-state index in [1.807, 2.05) is 0 Å². The van der Waals surface area contributed by atoms with Gasteiger partial charge in [0.25, 0.3) is 0 Å². The lowest BCUT2D eigenvalue weighted by atomic mass is 10.2. The molecule has 0 unspecified atom stereocenters. The summed E-state index contributed by atoms with van der Waals surface area (Å²) in [6.45, 7) is 4.28. The molecule has 2 N–H and O–H groups in total. The Morgan fingerprint density at radius 1 is 1.24 bits per heavy atom. The van der Waals surface area contributed by atoms with E-state index in [-0.39, 0.29) is 24.7 Å². The van der Waals surface area contributed by atoms with Gasteiger partial charge in [-0.25, -0.2) is 4.98 Å². The third-order valence-corrected chi connectivity index (χ3v) is 4.47. The van der Waals surface area contributed by atoms with Gasteiger partial charge in [0.1, 0.15) is 0 Å². The van der Waals surface area contributed by atoms with Crippen molar-refractivity contribution in [1.82, 2.24) is 15.6 Å². The van der Waals surface area contributed by atoms with Crippen LogP contribution in [-0.2, 0) is 17.4 Å². The quantitative estimate of drug-likeness (QED) is 0.669. The number of hydrogen-bond acceptors (Lipinski definition) is 4. The summed E-state index contributed by atoms with van der Waals surface area (Å²) >= 11 is 1.32. The highest BCUT2D eigenvalue weighted by Gasteiger charge is 2.30. The normalized spacial score (nSPS) is 11.4. The van der Waals surface area contributed by atoms with Gasteiger partial charge in [-0.3, -0.25) is 4.79 Å². The minimum Gasteiger partial charge on any atom is -0.355 e. The molecule has 9 heteroatoms. The van der Waals surface area contributed by atoms with Gasteiger partial charge in [0.2, 0.25) is 5.91 Å². The predicted octanol–water partition coefficient (Wildman–Crippen LogP) is 3.79. The number of hydrogen-bond donors (Lipinski definition) is 2. The van der Waals surface area contributed by atoms with Crippen molar-refractivity contribution < 1.29 is 18.0 Å². The second kappa shape index (κ2) is 9.94. The molecule has 1 amide bonds. The molecule has 0 aliphatic carbocycles. The lowest BCUT2D eigenvalue weighted by molar-refractivity contribution is -0.137. The van der Waals surface area contributed by atoms with Crippen molar-refractivity contribution in [3.63, 3.8) is 0 Å². The minimum absolute atomic E-state index is 0. The van der Waals surface area contributed by atoms with Crippen LogP contribution >= 0.6 is 23.7 Å². The summed E-state index contributed by atoms with van der Waals surface area (Å²) in [5, 5.41) is 6.65. The number of rotatable bonds is 8. The Hall–Kier alpha value is -1.38. The van der Waals surface area contributed by atoms with Crippen LogP contribution in [0.1, 0.15) is 30.3 Å². The maximum Gasteiger partial charge on any atom is 0.416 e. The van der Waals surface area contributed by atoms with Gasteiger partial charge in [0.05, 0.1) is 20.8 Å². The van der Waals surface area contributed by atoms with E-state index in [1.54, 1.807) is 0 Å². The number of alkyl halides is 3. The number of benzene rings is 1. The maximum atomic E-state index is 12.7. The summed E-state index contributed by atoms with van der Waals surface area (Å²) in [6, 6.07) is 3.54. The molecule has 25 heavy (non-hydrogen) atoms. The van der Waals surface area contributed by atoms with Crippen LogP contribution < -0.4 is 10.6 Å². The molecule has 2 rings (SSSR count). The number of carbonyl (C=O) groups is 1. The van der Waals surface area contributed by atoms with Gasteiger partial charge in [-0.1, -0.05) is 6.92 Å². The van der Waals surface area contributed by atoms with Gasteiger partial charge >= 0.3 is 6.18 Å². The average Bonchev–Trinajstić information content (AvgIpc) is 2.94. The smallest absolute Gasteiger partial charge is 0.355 e. The van der Waals surface area contributed by atoms with E-state index in [0.29, 0.717) is 28.2 Å². The van der Waals surface area contributed by atoms with Gasteiger partial charge in [-0.15, -0.1) is 23.7 Å². The molecular formula is C16H21ClF3N3OS. The van der Waals surface area contributed by atoms with Gasteiger partial charge in [-0.2, -0.15) is 13.2 Å². The van der Waals surface area contributed by atoms with Crippen LogP contribution in [0.25, 0.3) is 10.2 Å². The van der Waals surface area contributed by atoms with Gasteiger partial charge < -0.3 is 10.6 Å². The fourth-order valence-corrected chi connectivity index (χ4v) is 3.11. The predicted molar refractivity (Wildman–Crippen MR) is 96.4 cm³/mol. The molecule has 0 spiro atoms. The van der Waals surface area contributed by atoms with E-state index in [0.717, 1.165) is 31.6 Å². The van der Waals surface area contributed by atoms with Crippen molar-refractivity contribution in [3.8, 4) is 0 Å². The minimum atomic E-state index is -4.37. The number of aromatic nitrogens is 1. The van der Waals surface area contributed by atoms with Crippen LogP contribution in [0.15, 0.2) is 18.2 Å². The van der Waals surface area contributed by atoms with Crippen molar-refractivity contribution in [1.29, 1.82) is 0 Å². The molecule has 1 aromatic carbocycles. The van der Waals surface area contributed by atoms with E-state index in [1.165, 1.54) is 17.4 Å². The Balaban J connectivity index is 0.00000312. The first kappa shape index (κ1) is 21.7. The number of aryl methyl sites for hydroxylation is 1. The van der Waals surface area contributed by atoms with Crippen molar-refractivity contribution in [2.45, 2.75) is 32.4 Å². The lowest BCUT2D eigenvalue weighted by Crippen LogP contribution is -2.32. The van der Waals surface area contributed by atoms with Crippen LogP contribution in [0.4, 0.5) is 13.2 Å². The molecule has 0 aliphatic heterocycles. The Bertz CT molecular complexity index is 691. The van der Waals surface area contributed by atoms with Crippen molar-refractivity contribution in [2.24, 2.45) is 0 Å². The Morgan fingerprint density at radius 3 is 2.68 bits per heavy atom. The topological polar surface area (TPSA) is 54.0 Å². The number of carbonyl (C=O) groups excluding carboxylic acids is 1. The molecule has 0 aliphatic rings. The molecule has 1 aromatic heterocycles. The van der Waals surface area contributed by atoms with Gasteiger partial charge in [0, 0.05) is 25.9 Å². The van der Waals surface area contributed by atoms with E-state index < -0.39 is 11.7 Å². The van der Waals surface area contributed by atoms with E-state index in [9.17, 15) is 18.0 Å². The summed E-state index contributed by atoms with van der Waals surface area (Å²) in [7, 11) is 0. The van der Waals surface area contributed by atoms with E-state index in [4.69, 9.17) is 0 Å². The van der Waals surface area contributed by atoms with Crippen molar-refractivity contribution >= 4 is 39.9 Å². The molecule has 4 nitrogen and oxygen atoms in total. The van der Waals surface area contributed by atoms with Crippen molar-refractivity contribution in [3.05, 3.63) is 28.8 Å². The largest absolute Gasteiger partial charge is 0.416 e. The average molecular weight is 396 g/mol. The molecule has 2 aromatic rings. The highest BCUT2D eigenvalue weighted by molar-refractivity contribution is 7.18. The second-order valence-corrected chi connectivity index (χ2v) is 6.50. The first-order chi connectivity index (χ1) is 11.4. The fourth-order valence-electron chi connectivity index (χ4n) is 2.16. The van der Waals surface area contributed by atoms with Crippen LogP contribution in [-0.4, -0.2) is 30.5 Å². The molecule has 0 saturated heterocycles. The Labute approximate surface area is 154 Å². The molecule has 0 bridgehead atoms. The summed E-state index contributed by atoms with van der Waals surface area (Å²) < 4.78 is 38.8. The molecule has 0 fully saturated rings. The molecule has 1 heterocycles. The van der Waals surface area contributed by atoms with Crippen LogP contribution in [0, 0.1) is 0 Å². The van der Waals surface area contributed by atoms with Crippen LogP contribution in [0.3, 0.4) is 0 Å². The Kier molecular flexibility index (Phi) is 8.61. The van der Waals surface area contributed by atoms with Crippen LogP contribution in [0.2, 0.25) is 0 Å². The zero-order valence-electron chi connectivity index (χ0n) is 13.8. The number of halogens is 4. The highest BCUT2D eigenvalue weighted by Crippen LogP contribution is 2.33. The monoisotopic (exact) mass is 395 g/mol. The number of nitrogens with one attached hydrogen (secondary N) is 2. The Morgan fingerprint density at radius 2 is 2.00 bits per heavy atom. The lowest BCUT2D eigenvalue weighted by Gasteiger charge is -2.05. The number of amides is 1. The molecule has 0 saturated carbocycles. The maximum absolute atomic E-state index is 12.7. The van der Waals surface area contributed by atoms with Crippen molar-refractivity contribution in [2.75, 3.05) is 19.6 Å². The third-order valence-electron chi connectivity index (χ3n) is 3.38. The summed E-state index contributed by atoms with van der Waals surface area (Å²) in [4.78, 5) is 15.9. The van der Waals surface area contributed by atoms with Gasteiger partial charge in [-0.05, 0) is 31.2 Å². The van der Waals surface area contributed by atoms with Crippen LogP contribution in [0.5, 0.6) is 0 Å². The number of fused-ring (bicyclic) bond motifs is 1. The molecular weight excluding hydrogens is 375 g/mol. The summed E-state index contributed by atoms with van der Waals surface area (Å²) in [5.74, 6) is -0.0801. The molecule has 0 radical (unpaired) electrons. The molecule has 0 atom stereocenters. The number of thiazole rings is 1. The third kappa shape index (κ3) is 6.80. The number of nitrogens with zero attached hydrogens (tertiary/aromatic N) is 1. The zero-order chi connectivity index (χ0) is 17.6. The van der Waals surface area contributed by atoms with E-state index in [2.05, 4.69) is 22.5 Å². The highest BCUT2D eigenvalue weighted by atomic mass is 35.5. The standard InChI is InChI=1S/C16H20F3N3OS.ClH/c1-2-7-20-8-9-21-14(23)5-6-15-22-12-10-11(16(17,18)19)3-4-13(12)24-15;/h3-4,10,20H,2,5-9H2,1H3,(H,21,23);1H.